The molecule has 1 aliphatic rings. The predicted octanol–water partition coefficient (Wildman–Crippen LogP) is 4.19. The van der Waals surface area contributed by atoms with Crippen molar-refractivity contribution in [1.82, 2.24) is 0 Å². The first-order chi connectivity index (χ1) is 9.20. The van der Waals surface area contributed by atoms with Gasteiger partial charge in [0.1, 0.15) is 0 Å². The van der Waals surface area contributed by atoms with Gasteiger partial charge < -0.3 is 9.84 Å². The molecule has 0 aromatic heterocycles. The molecule has 1 fully saturated rings. The average Bonchev–Trinajstić information content (AvgIpc) is 2.97. The molecule has 2 heteroatoms. The van der Waals surface area contributed by atoms with E-state index >= 15 is 0 Å². The van der Waals surface area contributed by atoms with Gasteiger partial charge in [-0.15, -0.1) is 0 Å². The highest BCUT2D eigenvalue weighted by molar-refractivity contribution is 5.26. The molecule has 1 N–H and O–H groups in total. The molecule has 0 radical (unpaired) electrons. The van der Waals surface area contributed by atoms with E-state index in [1.165, 1.54) is 12.0 Å². The lowest BCUT2D eigenvalue weighted by molar-refractivity contribution is 0.0812. The van der Waals surface area contributed by atoms with Crippen LogP contribution in [-0.2, 0) is 4.74 Å². The lowest BCUT2D eigenvalue weighted by Crippen LogP contribution is -2.08. The van der Waals surface area contributed by atoms with Crippen LogP contribution in [0.2, 0.25) is 0 Å². The summed E-state index contributed by atoms with van der Waals surface area (Å²) in [5.74, 6) is 0.595. The minimum absolute atomic E-state index is 0.352. The quantitative estimate of drug-likeness (QED) is 0.833. The standard InChI is InChI=1S/C17H26O2/c1-3-13(2)14-6-8-15(9-7-14)17(18)11-10-16-5-4-12-19-16/h6-9,13,16-18H,3-5,10-12H2,1-2H3. The summed E-state index contributed by atoms with van der Waals surface area (Å²) in [4.78, 5) is 0. The van der Waals surface area contributed by atoms with Crippen molar-refractivity contribution >= 4 is 0 Å². The van der Waals surface area contributed by atoms with E-state index in [0.717, 1.165) is 37.9 Å². The largest absolute Gasteiger partial charge is 0.388 e. The van der Waals surface area contributed by atoms with E-state index in [0.29, 0.717) is 12.0 Å². The molecule has 19 heavy (non-hydrogen) atoms. The molecule has 0 spiro atoms. The van der Waals surface area contributed by atoms with Crippen LogP contribution < -0.4 is 0 Å². The maximum atomic E-state index is 10.2. The van der Waals surface area contributed by atoms with Crippen LogP contribution in [0.15, 0.2) is 24.3 Å². The fourth-order valence-corrected chi connectivity index (χ4v) is 2.66. The Morgan fingerprint density at radius 2 is 1.95 bits per heavy atom. The van der Waals surface area contributed by atoms with Crippen LogP contribution in [0.25, 0.3) is 0 Å². The van der Waals surface area contributed by atoms with Gasteiger partial charge in [-0.05, 0) is 49.1 Å². The molecule has 0 amide bonds. The zero-order chi connectivity index (χ0) is 13.7. The molecule has 0 aliphatic carbocycles. The van der Waals surface area contributed by atoms with E-state index in [9.17, 15) is 5.11 Å². The van der Waals surface area contributed by atoms with E-state index in [1.54, 1.807) is 0 Å². The topological polar surface area (TPSA) is 29.5 Å². The molecular formula is C17H26O2. The SMILES string of the molecule is CCC(C)c1ccc(C(O)CCC2CCCO2)cc1. The van der Waals surface area contributed by atoms with Gasteiger partial charge in [-0.3, -0.25) is 0 Å². The van der Waals surface area contributed by atoms with Gasteiger partial charge in [0.2, 0.25) is 0 Å². The van der Waals surface area contributed by atoms with Crippen LogP contribution in [0.4, 0.5) is 0 Å². The van der Waals surface area contributed by atoms with Crippen molar-refractivity contribution in [1.29, 1.82) is 0 Å². The molecule has 2 nitrogen and oxygen atoms in total. The Hall–Kier alpha value is -0.860. The van der Waals surface area contributed by atoms with Gasteiger partial charge >= 0.3 is 0 Å². The van der Waals surface area contributed by atoms with Crippen molar-refractivity contribution in [3.63, 3.8) is 0 Å². The van der Waals surface area contributed by atoms with Gasteiger partial charge in [-0.25, -0.2) is 0 Å². The lowest BCUT2D eigenvalue weighted by atomic mass is 9.95. The summed E-state index contributed by atoms with van der Waals surface area (Å²) in [6.45, 7) is 5.34. The fraction of sp³-hybridized carbons (Fsp3) is 0.647. The number of aliphatic hydroxyl groups excluding tert-OH is 1. The lowest BCUT2D eigenvalue weighted by Gasteiger charge is -2.15. The molecule has 3 atom stereocenters. The molecule has 1 heterocycles. The van der Waals surface area contributed by atoms with Crippen LogP contribution in [-0.4, -0.2) is 17.8 Å². The molecule has 1 aromatic rings. The van der Waals surface area contributed by atoms with Crippen LogP contribution in [0.5, 0.6) is 0 Å². The smallest absolute Gasteiger partial charge is 0.0791 e. The summed E-state index contributed by atoms with van der Waals surface area (Å²) in [5, 5.41) is 10.2. The summed E-state index contributed by atoms with van der Waals surface area (Å²) in [6, 6.07) is 8.45. The highest BCUT2D eigenvalue weighted by Crippen LogP contribution is 2.26. The Morgan fingerprint density at radius 1 is 1.26 bits per heavy atom. The number of aliphatic hydroxyl groups is 1. The van der Waals surface area contributed by atoms with Gasteiger partial charge in [0.15, 0.2) is 0 Å². The molecule has 1 saturated heterocycles. The van der Waals surface area contributed by atoms with Crippen LogP contribution >= 0.6 is 0 Å². The van der Waals surface area contributed by atoms with E-state index < -0.39 is 0 Å². The normalized spacial score (nSPS) is 22.4. The van der Waals surface area contributed by atoms with Gasteiger partial charge in [0.05, 0.1) is 12.2 Å². The third-order valence-electron chi connectivity index (χ3n) is 4.29. The second-order valence-corrected chi connectivity index (χ2v) is 5.70. The average molecular weight is 262 g/mol. The third-order valence-corrected chi connectivity index (χ3v) is 4.29. The van der Waals surface area contributed by atoms with Crippen molar-refractivity contribution in [3.8, 4) is 0 Å². The van der Waals surface area contributed by atoms with Gasteiger partial charge in [-0.2, -0.15) is 0 Å². The molecule has 3 unspecified atom stereocenters. The number of benzene rings is 1. The number of rotatable bonds is 6. The maximum absolute atomic E-state index is 10.2. The highest BCUT2D eigenvalue weighted by Gasteiger charge is 2.17. The van der Waals surface area contributed by atoms with E-state index in [1.807, 2.05) is 0 Å². The van der Waals surface area contributed by atoms with Crippen LogP contribution in [0.1, 0.15) is 69.1 Å². The molecular weight excluding hydrogens is 236 g/mol. The fourth-order valence-electron chi connectivity index (χ4n) is 2.66. The van der Waals surface area contributed by atoms with Crippen molar-refractivity contribution in [2.75, 3.05) is 6.61 Å². The second-order valence-electron chi connectivity index (χ2n) is 5.70. The minimum Gasteiger partial charge on any atom is -0.388 e. The molecule has 0 bridgehead atoms. The van der Waals surface area contributed by atoms with Crippen molar-refractivity contribution in [3.05, 3.63) is 35.4 Å². The molecule has 1 aliphatic heterocycles. The van der Waals surface area contributed by atoms with Crippen molar-refractivity contribution in [2.24, 2.45) is 0 Å². The highest BCUT2D eigenvalue weighted by atomic mass is 16.5. The predicted molar refractivity (Wildman–Crippen MR) is 78.3 cm³/mol. The summed E-state index contributed by atoms with van der Waals surface area (Å²) in [6.07, 6.45) is 5.26. The third kappa shape index (κ3) is 4.05. The number of ether oxygens (including phenoxy) is 1. The molecule has 2 rings (SSSR count). The molecule has 0 saturated carbocycles. The first-order valence-corrected chi connectivity index (χ1v) is 7.60. The second kappa shape index (κ2) is 7.06. The van der Waals surface area contributed by atoms with Crippen LogP contribution in [0.3, 0.4) is 0 Å². The summed E-state index contributed by atoms with van der Waals surface area (Å²) in [5.41, 5.74) is 2.39. The van der Waals surface area contributed by atoms with Crippen molar-refractivity contribution in [2.45, 2.75) is 64.1 Å². The molecule has 106 valence electrons. The Kier molecular flexibility index (Phi) is 5.41. The summed E-state index contributed by atoms with van der Waals surface area (Å²) < 4.78 is 5.59. The number of hydrogen-bond donors (Lipinski definition) is 1. The first kappa shape index (κ1) is 14.5. The van der Waals surface area contributed by atoms with Crippen LogP contribution in [0, 0.1) is 0 Å². The molecule has 1 aromatic carbocycles. The van der Waals surface area contributed by atoms with Gasteiger partial charge in [-0.1, -0.05) is 38.1 Å². The number of hydrogen-bond acceptors (Lipinski definition) is 2. The zero-order valence-electron chi connectivity index (χ0n) is 12.1. The Bertz CT molecular complexity index is 365. The monoisotopic (exact) mass is 262 g/mol. The van der Waals surface area contributed by atoms with Crippen molar-refractivity contribution < 1.29 is 9.84 Å². The van der Waals surface area contributed by atoms with E-state index in [4.69, 9.17) is 4.74 Å². The summed E-state index contributed by atoms with van der Waals surface area (Å²) in [7, 11) is 0. The minimum atomic E-state index is -0.352. The zero-order valence-corrected chi connectivity index (χ0v) is 12.1. The van der Waals surface area contributed by atoms with E-state index in [2.05, 4.69) is 38.1 Å². The first-order valence-electron chi connectivity index (χ1n) is 7.60. The van der Waals surface area contributed by atoms with Gasteiger partial charge in [0.25, 0.3) is 0 Å². The summed E-state index contributed by atoms with van der Waals surface area (Å²) >= 11 is 0. The van der Waals surface area contributed by atoms with Gasteiger partial charge in [0, 0.05) is 6.61 Å². The Balaban J connectivity index is 1.86. The Labute approximate surface area is 116 Å². The maximum Gasteiger partial charge on any atom is 0.0791 e. The van der Waals surface area contributed by atoms with E-state index in [-0.39, 0.29) is 6.10 Å². The Morgan fingerprint density at radius 3 is 2.53 bits per heavy atom.